The second kappa shape index (κ2) is 10.6. The van der Waals surface area contributed by atoms with Crippen LogP contribution in [0.4, 0.5) is 5.69 Å². The van der Waals surface area contributed by atoms with E-state index in [0.29, 0.717) is 65.4 Å². The Bertz CT molecular complexity index is 1210. The van der Waals surface area contributed by atoms with Gasteiger partial charge in [0.1, 0.15) is 5.75 Å². The number of amides is 1. The molecule has 4 heterocycles. The Morgan fingerprint density at radius 1 is 1.03 bits per heavy atom. The average molecular weight is 534 g/mol. The third-order valence-corrected chi connectivity index (χ3v) is 9.07. The van der Waals surface area contributed by atoms with Gasteiger partial charge in [-0.05, 0) is 26.0 Å². The number of benzene rings is 1. The van der Waals surface area contributed by atoms with Gasteiger partial charge in [0.05, 0.1) is 31.1 Å². The second-order valence-corrected chi connectivity index (χ2v) is 11.2. The lowest BCUT2D eigenvalue weighted by Gasteiger charge is -2.37. The summed E-state index contributed by atoms with van der Waals surface area (Å²) in [6.45, 7) is 8.41. The molecule has 0 atom stereocenters. The molecule has 0 unspecified atom stereocenters. The van der Waals surface area contributed by atoms with Crippen LogP contribution in [-0.4, -0.2) is 98.2 Å². The highest BCUT2D eigenvalue weighted by atomic mass is 32.2. The molecule has 37 heavy (non-hydrogen) atoms. The fourth-order valence-corrected chi connectivity index (χ4v) is 6.71. The van der Waals surface area contributed by atoms with E-state index in [1.165, 1.54) is 8.99 Å². The molecule has 3 aliphatic rings. The number of nitrogens with zero attached hydrogens (tertiary/aromatic N) is 5. The molecule has 1 spiro atoms. The molecule has 0 aliphatic carbocycles. The summed E-state index contributed by atoms with van der Waals surface area (Å²) in [6, 6.07) is 7.78. The number of carbonyl (C=O) groups is 1. The van der Waals surface area contributed by atoms with Crippen LogP contribution in [0.25, 0.3) is 0 Å². The van der Waals surface area contributed by atoms with Gasteiger partial charge in [0.2, 0.25) is 5.03 Å². The minimum Gasteiger partial charge on any atom is -0.492 e. The Balaban J connectivity index is 1.31. The zero-order valence-corrected chi connectivity index (χ0v) is 22.3. The minimum absolute atomic E-state index is 0.121. The fourth-order valence-electron chi connectivity index (χ4n) is 5.20. The number of piperidine rings is 1. The van der Waals surface area contributed by atoms with Crippen molar-refractivity contribution in [3.8, 4) is 5.75 Å². The monoisotopic (exact) mass is 533 g/mol. The number of rotatable bonds is 7. The molecule has 3 fully saturated rings. The van der Waals surface area contributed by atoms with Crippen LogP contribution < -0.4 is 9.64 Å². The van der Waals surface area contributed by atoms with Crippen LogP contribution in [0.15, 0.2) is 35.5 Å². The summed E-state index contributed by atoms with van der Waals surface area (Å²) in [5.41, 5.74) is 1.07. The van der Waals surface area contributed by atoms with Crippen LogP contribution in [0.5, 0.6) is 5.75 Å². The molecule has 3 aliphatic heterocycles. The van der Waals surface area contributed by atoms with Crippen LogP contribution in [0.3, 0.4) is 0 Å². The Morgan fingerprint density at radius 3 is 2.35 bits per heavy atom. The predicted octanol–water partition coefficient (Wildman–Crippen LogP) is 1.79. The van der Waals surface area contributed by atoms with Crippen molar-refractivity contribution in [1.29, 1.82) is 0 Å². The van der Waals surface area contributed by atoms with Gasteiger partial charge in [-0.2, -0.15) is 9.40 Å². The first kappa shape index (κ1) is 26.0. The maximum Gasteiger partial charge on any atom is 0.263 e. The highest BCUT2D eigenvalue weighted by molar-refractivity contribution is 7.89. The van der Waals surface area contributed by atoms with Gasteiger partial charge in [-0.3, -0.25) is 9.48 Å². The fraction of sp³-hybridized carbons (Fsp3) is 0.600. The zero-order chi connectivity index (χ0) is 26.0. The Labute approximate surface area is 217 Å². The van der Waals surface area contributed by atoms with E-state index >= 15 is 0 Å². The summed E-state index contributed by atoms with van der Waals surface area (Å²) in [5.74, 6) is -0.150. The number of sulfonamides is 1. The summed E-state index contributed by atoms with van der Waals surface area (Å²) in [7, 11) is -3.97. The number of hydrogen-bond donors (Lipinski definition) is 0. The molecule has 2 aromatic rings. The van der Waals surface area contributed by atoms with Gasteiger partial charge in [0, 0.05) is 64.9 Å². The molecule has 3 saturated heterocycles. The molecule has 5 rings (SSSR count). The van der Waals surface area contributed by atoms with E-state index in [-0.39, 0.29) is 29.6 Å². The largest absolute Gasteiger partial charge is 0.492 e. The Morgan fingerprint density at radius 2 is 1.70 bits per heavy atom. The molecule has 1 aromatic heterocycles. The third-order valence-electron chi connectivity index (χ3n) is 7.24. The van der Waals surface area contributed by atoms with E-state index in [1.807, 2.05) is 38.1 Å². The lowest BCUT2D eigenvalue weighted by molar-refractivity contribution is -0.181. The van der Waals surface area contributed by atoms with Crippen molar-refractivity contribution >= 4 is 21.6 Å². The maximum absolute atomic E-state index is 13.7. The molecule has 0 N–H and O–H groups in total. The second-order valence-electron chi connectivity index (χ2n) is 9.40. The number of aryl methyl sites for hydroxylation is 1. The zero-order valence-electron chi connectivity index (χ0n) is 21.5. The quantitative estimate of drug-likeness (QED) is 0.531. The molecular formula is C25H35N5O6S. The number of piperazine rings is 1. The van der Waals surface area contributed by atoms with Crippen LogP contribution in [-0.2, 0) is 26.0 Å². The first-order valence-corrected chi connectivity index (χ1v) is 14.4. The maximum atomic E-state index is 13.7. The molecular weight excluding hydrogens is 498 g/mol. The topological polar surface area (TPSA) is 106 Å². The first-order chi connectivity index (χ1) is 17.9. The molecule has 1 amide bonds. The molecule has 12 heteroatoms. The van der Waals surface area contributed by atoms with Crippen molar-refractivity contribution in [2.75, 3.05) is 64.0 Å². The van der Waals surface area contributed by atoms with Gasteiger partial charge in [-0.1, -0.05) is 12.1 Å². The van der Waals surface area contributed by atoms with Gasteiger partial charge in [0.15, 0.2) is 5.79 Å². The summed E-state index contributed by atoms with van der Waals surface area (Å²) in [5, 5.41) is 4.16. The van der Waals surface area contributed by atoms with Gasteiger partial charge >= 0.3 is 0 Å². The number of aromatic nitrogens is 2. The van der Waals surface area contributed by atoms with Gasteiger partial charge in [-0.25, -0.2) is 8.42 Å². The lowest BCUT2D eigenvalue weighted by atomic mass is 10.0. The summed E-state index contributed by atoms with van der Waals surface area (Å²) < 4.78 is 47.7. The smallest absolute Gasteiger partial charge is 0.263 e. The van der Waals surface area contributed by atoms with Crippen LogP contribution >= 0.6 is 0 Å². The standard InChI is InChI=1S/C25H35N5O6S/c1-3-29-19-20(24(31)28-11-9-25(10-12-28)35-17-18-36-25)23(26-29)37(32,33)30-15-13-27(14-16-30)21-7-5-6-8-22(21)34-4-2/h5-8,19H,3-4,9-18H2,1-2H3. The molecule has 0 bridgehead atoms. The highest BCUT2D eigenvalue weighted by Crippen LogP contribution is 2.33. The van der Waals surface area contributed by atoms with E-state index in [4.69, 9.17) is 14.2 Å². The van der Waals surface area contributed by atoms with Gasteiger partial charge in [-0.15, -0.1) is 0 Å². The predicted molar refractivity (Wildman–Crippen MR) is 136 cm³/mol. The molecule has 0 radical (unpaired) electrons. The van der Waals surface area contributed by atoms with Crippen LogP contribution in [0, 0.1) is 0 Å². The number of anilines is 1. The third kappa shape index (κ3) is 5.07. The van der Waals surface area contributed by atoms with Crippen molar-refractivity contribution < 1.29 is 27.4 Å². The van der Waals surface area contributed by atoms with Crippen molar-refractivity contribution in [2.24, 2.45) is 0 Å². The molecule has 1 aromatic carbocycles. The summed E-state index contributed by atoms with van der Waals surface area (Å²) >= 11 is 0. The number of hydrogen-bond acceptors (Lipinski definition) is 8. The number of likely N-dealkylation sites (tertiary alicyclic amines) is 1. The van der Waals surface area contributed by atoms with Crippen molar-refractivity contribution in [2.45, 2.75) is 44.0 Å². The van der Waals surface area contributed by atoms with Crippen molar-refractivity contribution in [3.05, 3.63) is 36.0 Å². The normalized spacial score (nSPS) is 20.5. The van der Waals surface area contributed by atoms with E-state index in [9.17, 15) is 13.2 Å². The van der Waals surface area contributed by atoms with Crippen molar-refractivity contribution in [3.63, 3.8) is 0 Å². The highest BCUT2D eigenvalue weighted by Gasteiger charge is 2.42. The van der Waals surface area contributed by atoms with Crippen molar-refractivity contribution in [1.82, 2.24) is 19.0 Å². The number of para-hydroxylation sites is 2. The van der Waals surface area contributed by atoms with Gasteiger partial charge < -0.3 is 24.0 Å². The molecule has 0 saturated carbocycles. The van der Waals surface area contributed by atoms with Crippen LogP contribution in [0.2, 0.25) is 0 Å². The van der Waals surface area contributed by atoms with Gasteiger partial charge in [0.25, 0.3) is 15.9 Å². The Kier molecular flexibility index (Phi) is 7.44. The first-order valence-electron chi connectivity index (χ1n) is 13.0. The SMILES string of the molecule is CCOc1ccccc1N1CCN(S(=O)(=O)c2nn(CC)cc2C(=O)N2CCC3(CC2)OCCO3)CC1. The van der Waals surface area contributed by atoms with Crippen LogP contribution in [0.1, 0.15) is 37.0 Å². The molecule has 202 valence electrons. The summed E-state index contributed by atoms with van der Waals surface area (Å²) in [4.78, 5) is 17.3. The Hall–Kier alpha value is -2.67. The van der Waals surface area contributed by atoms with E-state index in [2.05, 4.69) is 10.00 Å². The number of ether oxygens (including phenoxy) is 3. The van der Waals surface area contributed by atoms with E-state index < -0.39 is 15.8 Å². The van der Waals surface area contributed by atoms with E-state index in [0.717, 1.165) is 11.4 Å². The number of carbonyl (C=O) groups excluding carboxylic acids is 1. The minimum atomic E-state index is -3.97. The summed E-state index contributed by atoms with van der Waals surface area (Å²) in [6.07, 6.45) is 2.68. The van der Waals surface area contributed by atoms with E-state index in [1.54, 1.807) is 11.1 Å². The molecule has 11 nitrogen and oxygen atoms in total. The lowest BCUT2D eigenvalue weighted by Crippen LogP contribution is -2.49. The average Bonchev–Trinajstić information content (AvgIpc) is 3.57.